The molecule has 0 radical (unpaired) electrons. The van der Waals surface area contributed by atoms with Gasteiger partial charge in [0.05, 0.1) is 11.0 Å². The van der Waals surface area contributed by atoms with E-state index in [1.807, 2.05) is 0 Å². The monoisotopic (exact) mass is 210 g/mol. The molecule has 0 saturated carbocycles. The molecule has 0 unspecified atom stereocenters. The molecule has 1 aromatic heterocycles. The predicted molar refractivity (Wildman–Crippen MR) is 69.0 cm³/mol. The summed E-state index contributed by atoms with van der Waals surface area (Å²) in [5.74, 6) is 0. The third-order valence-electron chi connectivity index (χ3n) is 3.36. The third-order valence-corrected chi connectivity index (χ3v) is 3.36. The van der Waals surface area contributed by atoms with Gasteiger partial charge in [0.25, 0.3) is 0 Å². The van der Waals surface area contributed by atoms with Crippen LogP contribution in [-0.4, -0.2) is 9.13 Å². The maximum absolute atomic E-state index is 4.11. The van der Waals surface area contributed by atoms with Crippen molar-refractivity contribution in [3.05, 3.63) is 41.9 Å². The highest BCUT2D eigenvalue weighted by Crippen LogP contribution is 2.23. The van der Waals surface area contributed by atoms with Crippen molar-refractivity contribution in [2.75, 3.05) is 0 Å². The lowest BCUT2D eigenvalue weighted by atomic mass is 10.1. The van der Waals surface area contributed by atoms with E-state index in [-0.39, 0.29) is 0 Å². The molecule has 0 amide bonds. The van der Waals surface area contributed by atoms with Crippen LogP contribution < -0.4 is 5.48 Å². The van der Waals surface area contributed by atoms with Crippen LogP contribution in [0.3, 0.4) is 0 Å². The summed E-state index contributed by atoms with van der Waals surface area (Å²) in [6.45, 7) is 4.11. The van der Waals surface area contributed by atoms with Gasteiger partial charge in [-0.25, -0.2) is 0 Å². The lowest BCUT2D eigenvalue weighted by Crippen LogP contribution is -2.27. The quantitative estimate of drug-likeness (QED) is 0.539. The van der Waals surface area contributed by atoms with E-state index in [1.54, 1.807) is 0 Å². The second-order valence-corrected chi connectivity index (χ2v) is 4.19. The van der Waals surface area contributed by atoms with Gasteiger partial charge in [0, 0.05) is 19.5 Å². The van der Waals surface area contributed by atoms with Crippen LogP contribution in [-0.2, 0) is 14.1 Å². The van der Waals surface area contributed by atoms with Crippen LogP contribution in [0.2, 0.25) is 0 Å². The first kappa shape index (κ1) is 9.28. The molecule has 0 bridgehead atoms. The number of hydrogen-bond donors (Lipinski definition) is 0. The Balaban J connectivity index is 2.80. The van der Waals surface area contributed by atoms with Crippen molar-refractivity contribution in [3.63, 3.8) is 0 Å². The zero-order valence-electron chi connectivity index (χ0n) is 9.57. The summed E-state index contributed by atoms with van der Waals surface area (Å²) < 4.78 is 4.27. The summed E-state index contributed by atoms with van der Waals surface area (Å²) in [5, 5.41) is 2.59. The highest BCUT2D eigenvalue weighted by Gasteiger charge is 2.05. The molecule has 0 aliphatic carbocycles. The van der Waals surface area contributed by atoms with Crippen molar-refractivity contribution in [1.82, 2.24) is 9.13 Å². The van der Waals surface area contributed by atoms with Crippen LogP contribution in [0.4, 0.5) is 0 Å². The molecule has 1 heterocycles. The Bertz CT molecular complexity index is 687. The topological polar surface area (TPSA) is 9.86 Å². The van der Waals surface area contributed by atoms with Crippen LogP contribution in [0.25, 0.3) is 28.4 Å². The van der Waals surface area contributed by atoms with Gasteiger partial charge in [-0.15, -0.1) is 0 Å². The Morgan fingerprint density at radius 1 is 0.875 bits per heavy atom. The van der Waals surface area contributed by atoms with Crippen LogP contribution in [0.1, 0.15) is 0 Å². The molecule has 0 aliphatic heterocycles. The molecule has 3 aromatic rings. The summed E-state index contributed by atoms with van der Waals surface area (Å²) >= 11 is 0. The summed E-state index contributed by atoms with van der Waals surface area (Å²) in [6.07, 6.45) is 0. The van der Waals surface area contributed by atoms with Gasteiger partial charge in [-0.2, -0.15) is 0 Å². The number of aryl methyl sites for hydroxylation is 2. The van der Waals surface area contributed by atoms with Gasteiger partial charge in [-0.1, -0.05) is 30.8 Å². The molecule has 0 spiro atoms. The molecular weight excluding hydrogens is 196 g/mol. The summed E-state index contributed by atoms with van der Waals surface area (Å²) in [4.78, 5) is 0. The van der Waals surface area contributed by atoms with Gasteiger partial charge in [-0.3, -0.25) is 0 Å². The number of hydrogen-bond acceptors (Lipinski definition) is 0. The van der Waals surface area contributed by atoms with Gasteiger partial charge in [0.1, 0.15) is 5.48 Å². The molecule has 0 fully saturated rings. The first-order valence-corrected chi connectivity index (χ1v) is 5.38. The van der Waals surface area contributed by atoms with Crippen LogP contribution >= 0.6 is 0 Å². The largest absolute Gasteiger partial charge is 0.331 e. The van der Waals surface area contributed by atoms with Gasteiger partial charge in [0.2, 0.25) is 0 Å². The summed E-state index contributed by atoms with van der Waals surface area (Å²) in [6, 6.07) is 12.8. The highest BCUT2D eigenvalue weighted by atomic mass is 15.1. The van der Waals surface area contributed by atoms with Crippen molar-refractivity contribution in [1.29, 1.82) is 0 Å². The number of aromatic nitrogens is 2. The Morgan fingerprint density at radius 3 is 1.88 bits per heavy atom. The molecule has 80 valence electrons. The fourth-order valence-electron chi connectivity index (χ4n) is 2.36. The zero-order valence-corrected chi connectivity index (χ0v) is 9.57. The van der Waals surface area contributed by atoms with Gasteiger partial charge in [0.15, 0.2) is 0 Å². The minimum atomic E-state index is 1.01. The van der Waals surface area contributed by atoms with E-state index < -0.39 is 0 Å². The lowest BCUT2D eigenvalue weighted by Gasteiger charge is -2.15. The molecule has 2 nitrogen and oxygen atoms in total. The third kappa shape index (κ3) is 1.01. The van der Waals surface area contributed by atoms with Gasteiger partial charge < -0.3 is 9.13 Å². The van der Waals surface area contributed by atoms with Crippen LogP contribution in [0.15, 0.2) is 36.4 Å². The predicted octanol–water partition coefficient (Wildman–Crippen LogP) is 2.36. The van der Waals surface area contributed by atoms with Crippen molar-refractivity contribution in [2.45, 2.75) is 0 Å². The maximum Gasteiger partial charge on any atom is 0.105 e. The zero-order chi connectivity index (χ0) is 11.3. The first-order valence-electron chi connectivity index (χ1n) is 5.38. The van der Waals surface area contributed by atoms with E-state index in [4.69, 9.17) is 0 Å². The first-order chi connectivity index (χ1) is 7.70. The SMILES string of the molecule is C=c1n(C)c2cccc3cccc(c32)n1C. The molecule has 0 saturated heterocycles. The second-order valence-electron chi connectivity index (χ2n) is 4.19. The Hall–Kier alpha value is -1.96. The molecule has 0 N–H and O–H groups in total. The van der Waals surface area contributed by atoms with Crippen molar-refractivity contribution in [2.24, 2.45) is 14.1 Å². The van der Waals surface area contributed by atoms with Crippen molar-refractivity contribution < 1.29 is 0 Å². The molecule has 3 rings (SSSR count). The Morgan fingerprint density at radius 2 is 1.38 bits per heavy atom. The fraction of sp³-hybridized carbons (Fsp3) is 0.143. The molecule has 2 aromatic carbocycles. The maximum atomic E-state index is 4.11. The summed E-state index contributed by atoms with van der Waals surface area (Å²) in [7, 11) is 4.12. The number of rotatable bonds is 0. The minimum Gasteiger partial charge on any atom is -0.331 e. The Labute approximate surface area is 94.0 Å². The second kappa shape index (κ2) is 3.01. The summed E-state index contributed by atoms with van der Waals surface area (Å²) in [5.41, 5.74) is 3.47. The Kier molecular flexibility index (Phi) is 1.75. The van der Waals surface area contributed by atoms with Crippen molar-refractivity contribution in [3.8, 4) is 0 Å². The molecule has 16 heavy (non-hydrogen) atoms. The normalized spacial score (nSPS) is 11.4. The standard InChI is InChI=1S/C14H14N2/c1-10-15(2)12-8-4-6-11-7-5-9-13(14(11)12)16(10)3/h4-9H,1H2,2-3H3. The number of benzene rings is 2. The van der Waals surface area contributed by atoms with Gasteiger partial charge >= 0.3 is 0 Å². The van der Waals surface area contributed by atoms with E-state index in [0.717, 1.165) is 5.48 Å². The van der Waals surface area contributed by atoms with E-state index in [9.17, 15) is 0 Å². The number of nitrogens with zero attached hydrogens (tertiary/aromatic N) is 2. The molecular formula is C14H14N2. The van der Waals surface area contributed by atoms with E-state index in [0.29, 0.717) is 0 Å². The van der Waals surface area contributed by atoms with E-state index >= 15 is 0 Å². The molecule has 2 heteroatoms. The van der Waals surface area contributed by atoms with E-state index in [1.165, 1.54) is 21.8 Å². The average molecular weight is 210 g/mol. The fourth-order valence-corrected chi connectivity index (χ4v) is 2.36. The van der Waals surface area contributed by atoms with Crippen LogP contribution in [0.5, 0.6) is 0 Å². The molecule has 0 atom stereocenters. The van der Waals surface area contributed by atoms with E-state index in [2.05, 4.69) is 66.2 Å². The minimum absolute atomic E-state index is 1.01. The lowest BCUT2D eigenvalue weighted by molar-refractivity contribution is 0.766. The van der Waals surface area contributed by atoms with Crippen LogP contribution in [0, 0.1) is 0 Å². The highest BCUT2D eigenvalue weighted by molar-refractivity contribution is 6.07. The van der Waals surface area contributed by atoms with Gasteiger partial charge in [-0.05, 0) is 17.5 Å². The molecule has 0 aliphatic rings. The average Bonchev–Trinajstić information content (AvgIpc) is 2.33. The smallest absolute Gasteiger partial charge is 0.105 e. The van der Waals surface area contributed by atoms with Crippen molar-refractivity contribution >= 4 is 28.4 Å².